The maximum Gasteiger partial charge on any atom is 0.355 e. The van der Waals surface area contributed by atoms with E-state index in [0.29, 0.717) is 12.3 Å². The van der Waals surface area contributed by atoms with Crippen LogP contribution < -0.4 is 9.64 Å². The van der Waals surface area contributed by atoms with Crippen LogP contribution in [0.25, 0.3) is 0 Å². The van der Waals surface area contributed by atoms with E-state index in [1.807, 2.05) is 24.3 Å². The Morgan fingerprint density at radius 3 is 2.30 bits per heavy atom. The molecule has 6 nitrogen and oxygen atoms in total. The number of ether oxygens (including phenoxy) is 3. The number of hydrogen-bond acceptors (Lipinski definition) is 6. The van der Waals surface area contributed by atoms with Gasteiger partial charge in [-0.15, -0.1) is 0 Å². The second-order valence-electron chi connectivity index (χ2n) is 5.87. The summed E-state index contributed by atoms with van der Waals surface area (Å²) in [5.74, 6) is -0.494. The Hall–Kier alpha value is -3.02. The number of nitrogens with zero attached hydrogens (tertiary/aromatic N) is 1. The van der Waals surface area contributed by atoms with E-state index in [2.05, 4.69) is 6.92 Å². The number of rotatable bonds is 8. The van der Waals surface area contributed by atoms with Gasteiger partial charge in [0.2, 0.25) is 0 Å². The number of anilines is 1. The molecular weight excluding hydrogens is 346 g/mol. The lowest BCUT2D eigenvalue weighted by Crippen LogP contribution is -2.26. The van der Waals surface area contributed by atoms with Crippen LogP contribution in [-0.2, 0) is 19.1 Å². The molecule has 0 saturated heterocycles. The van der Waals surface area contributed by atoms with Gasteiger partial charge in [-0.1, -0.05) is 25.8 Å². The first-order valence-corrected chi connectivity index (χ1v) is 8.90. The minimum atomic E-state index is -0.633. The number of esters is 2. The van der Waals surface area contributed by atoms with E-state index in [4.69, 9.17) is 14.2 Å². The lowest BCUT2D eigenvalue weighted by Gasteiger charge is -2.23. The zero-order chi connectivity index (χ0) is 19.6. The molecule has 0 aliphatic carbocycles. The quantitative estimate of drug-likeness (QED) is 0.512. The maximum atomic E-state index is 12.4. The normalized spacial score (nSPS) is 13.4. The van der Waals surface area contributed by atoms with Crippen molar-refractivity contribution in [2.75, 3.05) is 25.7 Å². The molecule has 1 aromatic carbocycles. The number of methoxy groups -OCH3 is 2. The highest BCUT2D eigenvalue weighted by Crippen LogP contribution is 2.28. The lowest BCUT2D eigenvalue weighted by atomic mass is 10.1. The predicted octanol–water partition coefficient (Wildman–Crippen LogP) is 3.75. The topological polar surface area (TPSA) is 65.1 Å². The van der Waals surface area contributed by atoms with E-state index in [1.165, 1.54) is 20.3 Å². The van der Waals surface area contributed by atoms with Gasteiger partial charge in [0.05, 0.1) is 26.4 Å². The number of unbranched alkanes of at least 4 members (excludes halogenated alkanes) is 2. The average Bonchev–Trinajstić information content (AvgIpc) is 2.93. The summed E-state index contributed by atoms with van der Waals surface area (Å²) in [6.45, 7) is 2.81. The van der Waals surface area contributed by atoms with Crippen LogP contribution in [0, 0.1) is 0 Å². The third kappa shape index (κ3) is 5.23. The molecule has 6 heteroatoms. The van der Waals surface area contributed by atoms with E-state index < -0.39 is 11.9 Å². The maximum absolute atomic E-state index is 12.4. The molecule has 0 bridgehead atoms. The van der Waals surface area contributed by atoms with Crippen LogP contribution >= 0.6 is 0 Å². The van der Waals surface area contributed by atoms with Gasteiger partial charge in [-0.2, -0.15) is 0 Å². The second-order valence-corrected chi connectivity index (χ2v) is 5.87. The fourth-order valence-electron chi connectivity index (χ4n) is 2.61. The average molecular weight is 371 g/mol. The van der Waals surface area contributed by atoms with Crippen molar-refractivity contribution in [2.24, 2.45) is 0 Å². The van der Waals surface area contributed by atoms with Crippen LogP contribution in [-0.4, -0.2) is 32.8 Å². The van der Waals surface area contributed by atoms with Crippen molar-refractivity contribution in [1.29, 1.82) is 0 Å². The summed E-state index contributed by atoms with van der Waals surface area (Å²) >= 11 is 0. The van der Waals surface area contributed by atoms with Gasteiger partial charge < -0.3 is 19.1 Å². The zero-order valence-electron chi connectivity index (χ0n) is 15.9. The van der Waals surface area contributed by atoms with Crippen molar-refractivity contribution in [2.45, 2.75) is 26.2 Å². The first kappa shape index (κ1) is 20.3. The van der Waals surface area contributed by atoms with Gasteiger partial charge in [0.1, 0.15) is 11.4 Å². The first-order chi connectivity index (χ1) is 13.1. The summed E-state index contributed by atoms with van der Waals surface area (Å²) < 4.78 is 15.4. The molecule has 0 fully saturated rings. The minimum Gasteiger partial charge on any atom is -0.494 e. The molecule has 2 rings (SSSR count). The van der Waals surface area contributed by atoms with Crippen molar-refractivity contribution >= 4 is 17.6 Å². The SMILES string of the molecule is CCCCCOc1ccc(N2C=CC=CC(C(=O)OC)=C2C(=O)OC)cc1. The summed E-state index contributed by atoms with van der Waals surface area (Å²) in [6.07, 6.45) is 9.90. The fourth-order valence-corrected chi connectivity index (χ4v) is 2.61. The first-order valence-electron chi connectivity index (χ1n) is 8.90. The molecule has 0 saturated carbocycles. The van der Waals surface area contributed by atoms with Gasteiger partial charge >= 0.3 is 11.9 Å². The van der Waals surface area contributed by atoms with Crippen molar-refractivity contribution in [3.05, 3.63) is 60.0 Å². The molecule has 0 unspecified atom stereocenters. The monoisotopic (exact) mass is 371 g/mol. The largest absolute Gasteiger partial charge is 0.494 e. The summed E-state index contributed by atoms with van der Waals surface area (Å²) in [4.78, 5) is 26.1. The molecule has 1 aromatic rings. The highest BCUT2D eigenvalue weighted by molar-refractivity contribution is 6.05. The smallest absolute Gasteiger partial charge is 0.355 e. The van der Waals surface area contributed by atoms with Crippen LogP contribution in [0.1, 0.15) is 26.2 Å². The van der Waals surface area contributed by atoms with Crippen LogP contribution in [0.3, 0.4) is 0 Å². The van der Waals surface area contributed by atoms with Crippen molar-refractivity contribution < 1.29 is 23.8 Å². The minimum absolute atomic E-state index is 0.0889. The molecule has 0 spiro atoms. The number of carbonyl (C=O) groups excluding carboxylic acids is 2. The van der Waals surface area contributed by atoms with Gasteiger partial charge in [0.25, 0.3) is 0 Å². The number of benzene rings is 1. The van der Waals surface area contributed by atoms with Crippen LogP contribution in [0.2, 0.25) is 0 Å². The number of allylic oxidation sites excluding steroid dienone is 2. The molecule has 0 amide bonds. The Morgan fingerprint density at radius 2 is 1.67 bits per heavy atom. The molecule has 144 valence electrons. The second kappa shape index (κ2) is 10.2. The van der Waals surface area contributed by atoms with E-state index >= 15 is 0 Å². The van der Waals surface area contributed by atoms with Crippen molar-refractivity contribution in [3.8, 4) is 5.75 Å². The van der Waals surface area contributed by atoms with Gasteiger partial charge in [0.15, 0.2) is 0 Å². The third-order valence-corrected chi connectivity index (χ3v) is 4.02. The molecule has 0 N–H and O–H groups in total. The fraction of sp³-hybridized carbons (Fsp3) is 0.333. The summed E-state index contributed by atoms with van der Waals surface area (Å²) in [7, 11) is 2.54. The third-order valence-electron chi connectivity index (χ3n) is 4.02. The highest BCUT2D eigenvalue weighted by Gasteiger charge is 2.27. The van der Waals surface area contributed by atoms with Crippen molar-refractivity contribution in [1.82, 2.24) is 0 Å². The molecular formula is C21H25NO5. The molecule has 1 aliphatic heterocycles. The Balaban J connectivity index is 2.31. The summed E-state index contributed by atoms with van der Waals surface area (Å²) in [6, 6.07) is 7.31. The zero-order valence-corrected chi connectivity index (χ0v) is 15.9. The standard InChI is InChI=1S/C21H25NO5/c1-4-5-8-15-27-17-12-10-16(11-13-17)22-14-7-6-9-18(20(23)25-2)19(22)21(24)26-3/h6-7,9-14H,4-5,8,15H2,1-3H3. The van der Waals surface area contributed by atoms with E-state index in [0.717, 1.165) is 25.0 Å². The van der Waals surface area contributed by atoms with Crippen LogP contribution in [0.4, 0.5) is 5.69 Å². The molecule has 27 heavy (non-hydrogen) atoms. The van der Waals surface area contributed by atoms with E-state index in [-0.39, 0.29) is 11.3 Å². The van der Waals surface area contributed by atoms with Gasteiger partial charge in [0, 0.05) is 11.9 Å². The molecule has 1 aliphatic rings. The molecule has 0 radical (unpaired) electrons. The summed E-state index contributed by atoms with van der Waals surface area (Å²) in [5.41, 5.74) is 0.901. The molecule has 0 atom stereocenters. The van der Waals surface area contributed by atoms with E-state index in [1.54, 1.807) is 23.3 Å². The van der Waals surface area contributed by atoms with Crippen molar-refractivity contribution in [3.63, 3.8) is 0 Å². The van der Waals surface area contributed by atoms with Gasteiger partial charge in [-0.05, 0) is 42.8 Å². The van der Waals surface area contributed by atoms with Crippen LogP contribution in [0.5, 0.6) is 5.75 Å². The van der Waals surface area contributed by atoms with Gasteiger partial charge in [-0.25, -0.2) is 9.59 Å². The Labute approximate surface area is 159 Å². The van der Waals surface area contributed by atoms with Gasteiger partial charge in [-0.3, -0.25) is 0 Å². The summed E-state index contributed by atoms with van der Waals surface area (Å²) in [5, 5.41) is 0. The van der Waals surface area contributed by atoms with Crippen LogP contribution in [0.15, 0.2) is 60.0 Å². The molecule has 1 heterocycles. The Morgan fingerprint density at radius 1 is 0.963 bits per heavy atom. The lowest BCUT2D eigenvalue weighted by molar-refractivity contribution is -0.139. The predicted molar refractivity (Wildman–Crippen MR) is 103 cm³/mol. The molecule has 0 aromatic heterocycles. The number of carbonyl (C=O) groups is 2. The Bertz CT molecular complexity index is 746. The van der Waals surface area contributed by atoms with E-state index in [9.17, 15) is 9.59 Å². The Kier molecular flexibility index (Phi) is 7.67. The number of hydrogen-bond donors (Lipinski definition) is 0. The highest BCUT2D eigenvalue weighted by atomic mass is 16.5.